The molecule has 0 aliphatic heterocycles. The first-order valence-electron chi connectivity index (χ1n) is 6.66. The lowest BCUT2D eigenvalue weighted by atomic mass is 10.3. The van der Waals surface area contributed by atoms with E-state index in [-0.39, 0.29) is 11.9 Å². The Morgan fingerprint density at radius 2 is 2.38 bits per heavy atom. The van der Waals surface area contributed by atoms with Gasteiger partial charge in [0.25, 0.3) is 0 Å². The lowest BCUT2D eigenvalue weighted by molar-refractivity contribution is -0.117. The van der Waals surface area contributed by atoms with Gasteiger partial charge in [0, 0.05) is 18.0 Å². The van der Waals surface area contributed by atoms with Gasteiger partial charge in [-0.1, -0.05) is 24.8 Å². The molecule has 0 spiro atoms. The van der Waals surface area contributed by atoms with Gasteiger partial charge in [0.2, 0.25) is 5.91 Å². The number of thioether (sulfide) groups is 1. The summed E-state index contributed by atoms with van der Waals surface area (Å²) in [6, 6.07) is 3.74. The Kier molecular flexibility index (Phi) is 5.58. The van der Waals surface area contributed by atoms with Crippen molar-refractivity contribution in [1.82, 2.24) is 20.1 Å². The van der Waals surface area contributed by atoms with Gasteiger partial charge in [-0.05, 0) is 30.2 Å². The summed E-state index contributed by atoms with van der Waals surface area (Å²) >= 11 is 3.23. The van der Waals surface area contributed by atoms with Crippen molar-refractivity contribution in [3.05, 3.63) is 34.3 Å². The minimum Gasteiger partial charge on any atom is -0.343 e. The molecule has 0 aromatic carbocycles. The lowest BCUT2D eigenvalue weighted by Gasteiger charge is -2.11. The molecular weight excluding hydrogens is 304 g/mol. The number of nitrogens with one attached hydrogen (secondary N) is 1. The van der Waals surface area contributed by atoms with E-state index in [0.717, 1.165) is 21.6 Å². The third-order valence-corrected chi connectivity index (χ3v) is 4.57. The van der Waals surface area contributed by atoms with E-state index >= 15 is 0 Å². The van der Waals surface area contributed by atoms with Gasteiger partial charge in [0.15, 0.2) is 11.0 Å². The summed E-state index contributed by atoms with van der Waals surface area (Å²) in [7, 11) is 1.91. The van der Waals surface area contributed by atoms with Crippen LogP contribution >= 0.6 is 23.1 Å². The smallest absolute Gasteiger partial charge is 0.244 e. The van der Waals surface area contributed by atoms with Gasteiger partial charge < -0.3 is 9.88 Å². The molecule has 2 heterocycles. The Balaban J connectivity index is 1.97. The molecule has 0 saturated carbocycles. The number of aromatic nitrogens is 3. The topological polar surface area (TPSA) is 59.8 Å². The Labute approximate surface area is 132 Å². The second-order valence-electron chi connectivity index (χ2n) is 4.41. The maximum Gasteiger partial charge on any atom is 0.244 e. The number of rotatable bonds is 6. The largest absolute Gasteiger partial charge is 0.343 e. The molecule has 2 aromatic heterocycles. The second kappa shape index (κ2) is 7.42. The first-order valence-corrected chi connectivity index (χ1v) is 8.52. The third-order valence-electron chi connectivity index (χ3n) is 2.83. The monoisotopic (exact) mass is 322 g/mol. The SMILES string of the molecule is CCSc1nnc([C@H](C)NC(=O)/C=C/c2cccs2)n1C. The minimum atomic E-state index is -0.186. The van der Waals surface area contributed by atoms with Crippen LogP contribution in [0.3, 0.4) is 0 Å². The number of hydrogen-bond donors (Lipinski definition) is 1. The van der Waals surface area contributed by atoms with Crippen molar-refractivity contribution >= 4 is 35.1 Å². The van der Waals surface area contributed by atoms with Crippen LogP contribution in [0.2, 0.25) is 0 Å². The van der Waals surface area contributed by atoms with Crippen LogP contribution in [0.15, 0.2) is 28.7 Å². The molecule has 0 radical (unpaired) electrons. The summed E-state index contributed by atoms with van der Waals surface area (Å²) in [4.78, 5) is 13.0. The quantitative estimate of drug-likeness (QED) is 0.656. The maximum atomic E-state index is 11.9. The zero-order chi connectivity index (χ0) is 15.2. The zero-order valence-electron chi connectivity index (χ0n) is 12.2. The van der Waals surface area contributed by atoms with E-state index in [0.29, 0.717) is 0 Å². The number of hydrogen-bond acceptors (Lipinski definition) is 5. The van der Waals surface area contributed by atoms with Crippen molar-refractivity contribution in [2.75, 3.05) is 5.75 Å². The first-order chi connectivity index (χ1) is 10.1. The highest BCUT2D eigenvalue weighted by molar-refractivity contribution is 7.99. The van der Waals surface area contributed by atoms with Gasteiger partial charge in [-0.2, -0.15) is 0 Å². The highest BCUT2D eigenvalue weighted by Crippen LogP contribution is 2.18. The lowest BCUT2D eigenvalue weighted by Crippen LogP contribution is -2.26. The Bertz CT molecular complexity index is 619. The molecule has 112 valence electrons. The normalized spacial score (nSPS) is 12.7. The van der Waals surface area contributed by atoms with Crippen LogP contribution in [0.1, 0.15) is 30.6 Å². The fourth-order valence-corrected chi connectivity index (χ4v) is 3.09. The minimum absolute atomic E-state index is 0.136. The molecule has 5 nitrogen and oxygen atoms in total. The summed E-state index contributed by atoms with van der Waals surface area (Å²) in [5.74, 6) is 1.56. The number of carbonyl (C=O) groups excluding carboxylic acids is 1. The number of thiophene rings is 1. The standard InChI is InChI=1S/C14H18N4OS2/c1-4-20-14-17-16-13(18(14)3)10(2)15-12(19)8-7-11-6-5-9-21-11/h5-10H,4H2,1-3H3,(H,15,19)/b8-7+/t10-/m0/s1. The van der Waals surface area contributed by atoms with E-state index in [9.17, 15) is 4.79 Å². The molecule has 7 heteroatoms. The predicted molar refractivity (Wildman–Crippen MR) is 87.3 cm³/mol. The van der Waals surface area contributed by atoms with Gasteiger partial charge in [0.05, 0.1) is 6.04 Å². The zero-order valence-corrected chi connectivity index (χ0v) is 13.9. The van der Waals surface area contributed by atoms with E-state index < -0.39 is 0 Å². The first kappa shape index (κ1) is 15.8. The van der Waals surface area contributed by atoms with Crippen LogP contribution in [-0.4, -0.2) is 26.4 Å². The maximum absolute atomic E-state index is 11.9. The molecule has 0 saturated heterocycles. The van der Waals surface area contributed by atoms with Crippen LogP contribution in [-0.2, 0) is 11.8 Å². The van der Waals surface area contributed by atoms with E-state index in [1.165, 1.54) is 0 Å². The van der Waals surface area contributed by atoms with E-state index in [1.807, 2.05) is 42.1 Å². The molecule has 2 aromatic rings. The molecule has 1 N–H and O–H groups in total. The van der Waals surface area contributed by atoms with E-state index in [1.54, 1.807) is 29.2 Å². The van der Waals surface area contributed by atoms with Crippen LogP contribution in [0, 0.1) is 0 Å². The van der Waals surface area contributed by atoms with Gasteiger partial charge in [-0.25, -0.2) is 0 Å². The van der Waals surface area contributed by atoms with Gasteiger partial charge in [-0.15, -0.1) is 21.5 Å². The second-order valence-corrected chi connectivity index (χ2v) is 6.62. The third kappa shape index (κ3) is 4.18. The molecule has 2 rings (SSSR count). The van der Waals surface area contributed by atoms with Crippen LogP contribution in [0.4, 0.5) is 0 Å². The van der Waals surface area contributed by atoms with Crippen molar-refractivity contribution in [1.29, 1.82) is 0 Å². The Morgan fingerprint density at radius 3 is 3.05 bits per heavy atom. The highest BCUT2D eigenvalue weighted by Gasteiger charge is 2.16. The Hall–Kier alpha value is -1.60. The molecule has 0 unspecified atom stereocenters. The molecule has 0 aliphatic rings. The average molecular weight is 322 g/mol. The molecule has 0 fully saturated rings. The van der Waals surface area contributed by atoms with Crippen LogP contribution in [0.5, 0.6) is 0 Å². The summed E-state index contributed by atoms with van der Waals surface area (Å²) in [6.45, 7) is 3.97. The molecule has 0 bridgehead atoms. The van der Waals surface area contributed by atoms with E-state index in [2.05, 4.69) is 22.4 Å². The van der Waals surface area contributed by atoms with Crippen molar-refractivity contribution in [3.63, 3.8) is 0 Å². The van der Waals surface area contributed by atoms with Gasteiger partial charge >= 0.3 is 0 Å². The molecule has 1 atom stereocenters. The number of amides is 1. The number of nitrogens with zero attached hydrogens (tertiary/aromatic N) is 3. The van der Waals surface area contributed by atoms with Crippen LogP contribution < -0.4 is 5.32 Å². The predicted octanol–water partition coefficient (Wildman–Crippen LogP) is 2.88. The van der Waals surface area contributed by atoms with Crippen LogP contribution in [0.25, 0.3) is 6.08 Å². The molecule has 0 aliphatic carbocycles. The molecule has 1 amide bonds. The van der Waals surface area contributed by atoms with Crippen molar-refractivity contribution in [3.8, 4) is 0 Å². The van der Waals surface area contributed by atoms with E-state index in [4.69, 9.17) is 0 Å². The van der Waals surface area contributed by atoms with Crippen molar-refractivity contribution in [2.24, 2.45) is 7.05 Å². The average Bonchev–Trinajstić information content (AvgIpc) is 3.08. The number of carbonyl (C=O) groups is 1. The Morgan fingerprint density at radius 1 is 1.57 bits per heavy atom. The van der Waals surface area contributed by atoms with Crippen molar-refractivity contribution < 1.29 is 4.79 Å². The summed E-state index contributed by atoms with van der Waals surface area (Å²) in [6.07, 6.45) is 3.35. The summed E-state index contributed by atoms with van der Waals surface area (Å²) < 4.78 is 1.92. The fraction of sp³-hybridized carbons (Fsp3) is 0.357. The molecular formula is C14H18N4OS2. The highest BCUT2D eigenvalue weighted by atomic mass is 32.2. The summed E-state index contributed by atoms with van der Waals surface area (Å²) in [5, 5.41) is 14.0. The van der Waals surface area contributed by atoms with Gasteiger partial charge in [-0.3, -0.25) is 4.79 Å². The summed E-state index contributed by atoms with van der Waals surface area (Å²) in [5.41, 5.74) is 0. The van der Waals surface area contributed by atoms with Gasteiger partial charge in [0.1, 0.15) is 0 Å². The van der Waals surface area contributed by atoms with Crippen molar-refractivity contribution in [2.45, 2.75) is 25.0 Å². The molecule has 21 heavy (non-hydrogen) atoms. The fourth-order valence-electron chi connectivity index (χ4n) is 1.83.